The molecule has 0 saturated heterocycles. The Morgan fingerprint density at radius 2 is 1.71 bits per heavy atom. The van der Waals surface area contributed by atoms with E-state index in [2.05, 4.69) is 5.32 Å². The first kappa shape index (κ1) is 17.6. The topological polar surface area (TPSA) is 38.3 Å². The van der Waals surface area contributed by atoms with Crippen molar-refractivity contribution in [1.82, 2.24) is 0 Å². The molecule has 0 radical (unpaired) electrons. The number of hydrogen-bond donors (Lipinski definition) is 1. The van der Waals surface area contributed by atoms with Crippen LogP contribution in [0, 0.1) is 0 Å². The molecule has 24 heavy (non-hydrogen) atoms. The molecule has 0 saturated carbocycles. The lowest BCUT2D eigenvalue weighted by atomic mass is 10.1. The highest BCUT2D eigenvalue weighted by molar-refractivity contribution is 5.94. The smallest absolute Gasteiger partial charge is 0.416 e. The quantitative estimate of drug-likeness (QED) is 0.634. The Morgan fingerprint density at radius 1 is 1.08 bits per heavy atom. The lowest BCUT2D eigenvalue weighted by Crippen LogP contribution is -2.07. The number of esters is 1. The number of anilines is 1. The van der Waals surface area contributed by atoms with Crippen molar-refractivity contribution in [3.63, 3.8) is 0 Å². The zero-order chi connectivity index (χ0) is 17.6. The number of hydrogen-bond acceptors (Lipinski definition) is 3. The molecule has 0 spiro atoms. The zero-order valence-electron chi connectivity index (χ0n) is 12.9. The summed E-state index contributed by atoms with van der Waals surface area (Å²) in [4.78, 5) is 11.7. The molecule has 0 heterocycles. The van der Waals surface area contributed by atoms with Crippen LogP contribution in [0.2, 0.25) is 0 Å². The molecule has 1 N–H and O–H groups in total. The summed E-state index contributed by atoms with van der Waals surface area (Å²) in [6.45, 7) is 1.93. The van der Waals surface area contributed by atoms with E-state index in [-0.39, 0.29) is 6.61 Å². The van der Waals surface area contributed by atoms with Crippen LogP contribution in [-0.4, -0.2) is 12.6 Å². The minimum absolute atomic E-state index is 0.234. The van der Waals surface area contributed by atoms with Gasteiger partial charge in [0, 0.05) is 11.8 Å². The van der Waals surface area contributed by atoms with Gasteiger partial charge in [-0.15, -0.1) is 0 Å². The summed E-state index contributed by atoms with van der Waals surface area (Å²) >= 11 is 0. The van der Waals surface area contributed by atoms with E-state index in [1.807, 2.05) is 6.07 Å². The van der Waals surface area contributed by atoms with Crippen LogP contribution in [0.25, 0.3) is 5.70 Å². The third-order valence-corrected chi connectivity index (χ3v) is 3.12. The highest BCUT2D eigenvalue weighted by Crippen LogP contribution is 2.30. The maximum Gasteiger partial charge on any atom is 0.416 e. The average Bonchev–Trinajstić information content (AvgIpc) is 2.55. The highest BCUT2D eigenvalue weighted by atomic mass is 19.4. The van der Waals surface area contributed by atoms with E-state index in [4.69, 9.17) is 4.74 Å². The summed E-state index contributed by atoms with van der Waals surface area (Å²) in [5.74, 6) is -0.532. The van der Waals surface area contributed by atoms with Crippen molar-refractivity contribution in [2.75, 3.05) is 11.9 Å². The Hall–Kier alpha value is -2.76. The summed E-state index contributed by atoms with van der Waals surface area (Å²) in [6, 6.07) is 13.6. The third-order valence-electron chi connectivity index (χ3n) is 3.12. The lowest BCUT2D eigenvalue weighted by molar-refractivity contribution is -0.138. The fourth-order valence-corrected chi connectivity index (χ4v) is 2.01. The number of carbonyl (C=O) groups excluding carboxylic acids is 1. The van der Waals surface area contributed by atoms with Crippen LogP contribution in [0.1, 0.15) is 18.1 Å². The Labute approximate surface area is 137 Å². The molecule has 0 aliphatic heterocycles. The summed E-state index contributed by atoms with van der Waals surface area (Å²) in [6.07, 6.45) is -3.11. The van der Waals surface area contributed by atoms with Crippen LogP contribution < -0.4 is 5.32 Å². The van der Waals surface area contributed by atoms with Gasteiger partial charge in [0.25, 0.3) is 0 Å². The average molecular weight is 335 g/mol. The zero-order valence-corrected chi connectivity index (χ0v) is 12.9. The fourth-order valence-electron chi connectivity index (χ4n) is 2.01. The van der Waals surface area contributed by atoms with E-state index in [0.29, 0.717) is 16.9 Å². The van der Waals surface area contributed by atoms with Crippen molar-refractivity contribution in [1.29, 1.82) is 0 Å². The van der Waals surface area contributed by atoms with E-state index >= 15 is 0 Å². The van der Waals surface area contributed by atoms with Crippen LogP contribution in [0.5, 0.6) is 0 Å². The molecule has 126 valence electrons. The van der Waals surface area contributed by atoms with Crippen molar-refractivity contribution < 1.29 is 22.7 Å². The normalized spacial score (nSPS) is 11.9. The van der Waals surface area contributed by atoms with E-state index in [0.717, 1.165) is 12.1 Å². The predicted molar refractivity (Wildman–Crippen MR) is 86.1 cm³/mol. The monoisotopic (exact) mass is 335 g/mol. The molecule has 0 aliphatic rings. The van der Waals surface area contributed by atoms with Crippen LogP contribution >= 0.6 is 0 Å². The number of nitrogens with one attached hydrogen (secondary N) is 1. The van der Waals surface area contributed by atoms with Crippen LogP contribution in [0.4, 0.5) is 18.9 Å². The largest absolute Gasteiger partial charge is 0.463 e. The lowest BCUT2D eigenvalue weighted by Gasteiger charge is -2.13. The summed E-state index contributed by atoms with van der Waals surface area (Å²) < 4.78 is 42.7. The van der Waals surface area contributed by atoms with Crippen molar-refractivity contribution >= 4 is 17.4 Å². The molecule has 2 rings (SSSR count). The maximum atomic E-state index is 12.6. The van der Waals surface area contributed by atoms with Crippen molar-refractivity contribution in [3.8, 4) is 0 Å². The number of benzene rings is 2. The van der Waals surface area contributed by atoms with E-state index in [1.54, 1.807) is 31.2 Å². The van der Waals surface area contributed by atoms with Gasteiger partial charge in [0.1, 0.15) is 0 Å². The number of alkyl halides is 3. The minimum atomic E-state index is -4.39. The van der Waals surface area contributed by atoms with Gasteiger partial charge in [-0.25, -0.2) is 4.79 Å². The molecule has 0 aromatic heterocycles. The molecule has 2 aromatic rings. The predicted octanol–water partition coefficient (Wildman–Crippen LogP) is 4.72. The fraction of sp³-hybridized carbons (Fsp3) is 0.167. The van der Waals surface area contributed by atoms with E-state index in [9.17, 15) is 18.0 Å². The highest BCUT2D eigenvalue weighted by Gasteiger charge is 2.29. The molecule has 0 fully saturated rings. The minimum Gasteiger partial charge on any atom is -0.463 e. The van der Waals surface area contributed by atoms with Crippen LogP contribution in [0.3, 0.4) is 0 Å². The van der Waals surface area contributed by atoms with Gasteiger partial charge in [-0.1, -0.05) is 30.3 Å². The van der Waals surface area contributed by atoms with Gasteiger partial charge in [-0.3, -0.25) is 0 Å². The first-order valence-electron chi connectivity index (χ1n) is 7.28. The first-order chi connectivity index (χ1) is 11.4. The Balaban J connectivity index is 2.27. The second-order valence-corrected chi connectivity index (χ2v) is 4.88. The summed E-state index contributed by atoms with van der Waals surface area (Å²) in [5.41, 5.74) is 0.852. The molecular formula is C18H16F3NO2. The van der Waals surface area contributed by atoms with Gasteiger partial charge in [0.2, 0.25) is 0 Å². The number of carbonyl (C=O) groups is 1. The molecule has 0 aliphatic carbocycles. The van der Waals surface area contributed by atoms with E-state index < -0.39 is 17.7 Å². The Morgan fingerprint density at radius 3 is 2.25 bits per heavy atom. The van der Waals surface area contributed by atoms with E-state index in [1.165, 1.54) is 18.2 Å². The standard InChI is InChI=1S/C18H16F3NO2/c1-2-24-17(23)12-16(13-6-4-3-5-7-13)22-15-10-8-14(9-11-15)18(19,20)21/h3-12,22H,2H2,1H3/b16-12+. The SMILES string of the molecule is CCOC(=O)/C=C(/Nc1ccc(C(F)(F)F)cc1)c1ccccc1. The second kappa shape index (κ2) is 7.68. The molecule has 3 nitrogen and oxygen atoms in total. The summed E-state index contributed by atoms with van der Waals surface area (Å²) in [5, 5.41) is 2.96. The van der Waals surface area contributed by atoms with Gasteiger partial charge in [0.05, 0.1) is 17.9 Å². The van der Waals surface area contributed by atoms with Crippen LogP contribution in [-0.2, 0) is 15.7 Å². The van der Waals surface area contributed by atoms with Crippen molar-refractivity contribution in [2.45, 2.75) is 13.1 Å². The number of halogens is 3. The first-order valence-corrected chi connectivity index (χ1v) is 7.28. The third kappa shape index (κ3) is 4.87. The van der Waals surface area contributed by atoms with Gasteiger partial charge >= 0.3 is 12.1 Å². The van der Waals surface area contributed by atoms with Gasteiger partial charge in [0.15, 0.2) is 0 Å². The molecule has 0 bridgehead atoms. The second-order valence-electron chi connectivity index (χ2n) is 4.88. The van der Waals surface area contributed by atoms with Gasteiger partial charge in [-0.05, 0) is 36.8 Å². The van der Waals surface area contributed by atoms with Crippen LogP contribution in [0.15, 0.2) is 60.7 Å². The Kier molecular flexibility index (Phi) is 5.63. The van der Waals surface area contributed by atoms with Crippen molar-refractivity contribution in [3.05, 3.63) is 71.8 Å². The molecule has 2 aromatic carbocycles. The molecule has 0 amide bonds. The summed E-state index contributed by atoms with van der Waals surface area (Å²) in [7, 11) is 0. The molecular weight excluding hydrogens is 319 g/mol. The van der Waals surface area contributed by atoms with Gasteiger partial charge < -0.3 is 10.1 Å². The number of rotatable bonds is 5. The molecule has 0 unspecified atom stereocenters. The van der Waals surface area contributed by atoms with Gasteiger partial charge in [-0.2, -0.15) is 13.2 Å². The molecule has 6 heteroatoms. The van der Waals surface area contributed by atoms with Crippen molar-refractivity contribution in [2.24, 2.45) is 0 Å². The number of ether oxygens (including phenoxy) is 1. The maximum absolute atomic E-state index is 12.6. The molecule has 0 atom stereocenters. The Bertz CT molecular complexity index is 707.